The third-order valence-corrected chi connectivity index (χ3v) is 5.92. The van der Waals surface area contributed by atoms with Crippen molar-refractivity contribution in [2.24, 2.45) is 5.92 Å². The Hall–Kier alpha value is -1.98. The lowest BCUT2D eigenvalue weighted by atomic mass is 10.0. The molecule has 1 saturated heterocycles. The molecule has 1 aliphatic carbocycles. The monoisotopic (exact) mass is 372 g/mol. The fourth-order valence-corrected chi connectivity index (χ4v) is 3.94. The molecule has 3 rings (SSSR count). The second-order valence-corrected chi connectivity index (χ2v) is 8.03. The standard InChI is InChI=1S/C21H32N4O2/c1-5-15(6-2)21(27)25-10-9-16(12-25)20-22-13(3)18(14(4)23-20)11-19(26)24-17-7-8-17/h15-17H,5-12H2,1-4H3,(H,24,26). The van der Waals surface area contributed by atoms with Crippen LogP contribution in [0.4, 0.5) is 0 Å². The number of hydrogen-bond acceptors (Lipinski definition) is 4. The van der Waals surface area contributed by atoms with E-state index >= 15 is 0 Å². The zero-order valence-corrected chi connectivity index (χ0v) is 17.0. The van der Waals surface area contributed by atoms with E-state index in [2.05, 4.69) is 19.2 Å². The van der Waals surface area contributed by atoms with Crippen LogP contribution in [-0.4, -0.2) is 45.8 Å². The van der Waals surface area contributed by atoms with E-state index in [1.54, 1.807) is 0 Å². The SMILES string of the molecule is CCC(CC)C(=O)N1CCC(c2nc(C)c(CC(=O)NC3CC3)c(C)n2)C1. The molecule has 0 bridgehead atoms. The maximum Gasteiger partial charge on any atom is 0.225 e. The number of rotatable bonds is 7. The van der Waals surface area contributed by atoms with Crippen molar-refractivity contribution in [3.05, 3.63) is 22.8 Å². The fourth-order valence-electron chi connectivity index (χ4n) is 3.94. The summed E-state index contributed by atoms with van der Waals surface area (Å²) in [5, 5.41) is 3.03. The maximum atomic E-state index is 12.6. The number of carbonyl (C=O) groups excluding carboxylic acids is 2. The minimum atomic E-state index is 0.0582. The Morgan fingerprint density at radius 1 is 1.11 bits per heavy atom. The summed E-state index contributed by atoms with van der Waals surface area (Å²) in [6, 6.07) is 0.371. The fraction of sp³-hybridized carbons (Fsp3) is 0.714. The second kappa shape index (κ2) is 8.36. The van der Waals surface area contributed by atoms with E-state index in [-0.39, 0.29) is 23.7 Å². The van der Waals surface area contributed by atoms with Crippen LogP contribution in [0.5, 0.6) is 0 Å². The van der Waals surface area contributed by atoms with Gasteiger partial charge in [0.1, 0.15) is 5.82 Å². The molecule has 1 aromatic heterocycles. The maximum absolute atomic E-state index is 12.6. The van der Waals surface area contributed by atoms with E-state index in [4.69, 9.17) is 9.97 Å². The van der Waals surface area contributed by atoms with Crippen molar-refractivity contribution in [3.63, 3.8) is 0 Å². The molecule has 1 unspecified atom stereocenters. The lowest BCUT2D eigenvalue weighted by molar-refractivity contribution is -0.134. The van der Waals surface area contributed by atoms with Gasteiger partial charge in [-0.25, -0.2) is 9.97 Å². The Balaban J connectivity index is 1.67. The first-order valence-electron chi connectivity index (χ1n) is 10.3. The molecule has 27 heavy (non-hydrogen) atoms. The minimum Gasteiger partial charge on any atom is -0.353 e. The number of nitrogens with zero attached hydrogens (tertiary/aromatic N) is 3. The van der Waals surface area contributed by atoms with Crippen molar-refractivity contribution in [1.82, 2.24) is 20.2 Å². The Kier molecular flexibility index (Phi) is 6.12. The minimum absolute atomic E-state index is 0.0582. The van der Waals surface area contributed by atoms with Crippen molar-refractivity contribution >= 4 is 11.8 Å². The van der Waals surface area contributed by atoms with Gasteiger partial charge in [0.15, 0.2) is 0 Å². The molecule has 6 nitrogen and oxygen atoms in total. The summed E-state index contributed by atoms with van der Waals surface area (Å²) in [5.41, 5.74) is 2.70. The highest BCUT2D eigenvalue weighted by Crippen LogP contribution is 2.28. The van der Waals surface area contributed by atoms with Gasteiger partial charge in [0.25, 0.3) is 0 Å². The summed E-state index contributed by atoms with van der Waals surface area (Å²) in [4.78, 5) is 36.2. The molecule has 1 N–H and O–H groups in total. The van der Waals surface area contributed by atoms with Crippen LogP contribution in [0.3, 0.4) is 0 Å². The Labute approximate surface area is 162 Å². The first-order valence-corrected chi connectivity index (χ1v) is 10.3. The van der Waals surface area contributed by atoms with Crippen LogP contribution in [0, 0.1) is 19.8 Å². The number of hydrogen-bond donors (Lipinski definition) is 1. The topological polar surface area (TPSA) is 75.2 Å². The molecule has 2 amide bonds. The van der Waals surface area contributed by atoms with Crippen LogP contribution >= 0.6 is 0 Å². The third-order valence-electron chi connectivity index (χ3n) is 5.92. The van der Waals surface area contributed by atoms with Gasteiger partial charge in [-0.05, 0) is 46.0 Å². The quantitative estimate of drug-likeness (QED) is 0.798. The summed E-state index contributed by atoms with van der Waals surface area (Å²) >= 11 is 0. The summed E-state index contributed by atoms with van der Waals surface area (Å²) in [6.07, 6.45) is 5.22. The average Bonchev–Trinajstić information content (AvgIpc) is 3.30. The van der Waals surface area contributed by atoms with Gasteiger partial charge in [0.05, 0.1) is 6.42 Å². The van der Waals surface area contributed by atoms with E-state index in [9.17, 15) is 9.59 Å². The number of likely N-dealkylation sites (tertiary alicyclic amines) is 1. The molecule has 2 fully saturated rings. The molecule has 2 heterocycles. The van der Waals surface area contributed by atoms with E-state index in [0.29, 0.717) is 19.0 Å². The summed E-state index contributed by atoms with van der Waals surface area (Å²) < 4.78 is 0. The Morgan fingerprint density at radius 3 is 2.30 bits per heavy atom. The molecule has 2 aliphatic rings. The predicted octanol–water partition coefficient (Wildman–Crippen LogP) is 2.67. The molecule has 6 heteroatoms. The predicted molar refractivity (Wildman–Crippen MR) is 104 cm³/mol. The van der Waals surface area contributed by atoms with Crippen molar-refractivity contribution in [3.8, 4) is 0 Å². The van der Waals surface area contributed by atoms with Gasteiger partial charge in [0.2, 0.25) is 11.8 Å². The Morgan fingerprint density at radius 2 is 1.74 bits per heavy atom. The molecule has 148 valence electrons. The molecule has 0 spiro atoms. The van der Waals surface area contributed by atoms with Gasteiger partial charge in [-0.15, -0.1) is 0 Å². The van der Waals surface area contributed by atoms with Crippen LogP contribution in [0.1, 0.15) is 74.6 Å². The first kappa shape index (κ1) is 19.8. The van der Waals surface area contributed by atoms with E-state index in [1.807, 2.05) is 18.7 Å². The zero-order valence-electron chi connectivity index (χ0n) is 17.0. The summed E-state index contributed by atoms with van der Waals surface area (Å²) in [5.74, 6) is 1.46. The van der Waals surface area contributed by atoms with Crippen LogP contribution in [0.2, 0.25) is 0 Å². The molecule has 0 radical (unpaired) electrons. The number of amides is 2. The van der Waals surface area contributed by atoms with Crippen molar-refractivity contribution in [2.75, 3.05) is 13.1 Å². The van der Waals surface area contributed by atoms with Crippen molar-refractivity contribution in [2.45, 2.75) is 78.2 Å². The highest BCUT2D eigenvalue weighted by atomic mass is 16.2. The molecular formula is C21H32N4O2. The molecule has 1 saturated carbocycles. The van der Waals surface area contributed by atoms with Crippen LogP contribution < -0.4 is 5.32 Å². The van der Waals surface area contributed by atoms with Crippen LogP contribution in [0.25, 0.3) is 0 Å². The highest BCUT2D eigenvalue weighted by Gasteiger charge is 2.32. The normalized spacial score (nSPS) is 19.6. The largest absolute Gasteiger partial charge is 0.353 e. The van der Waals surface area contributed by atoms with Crippen molar-refractivity contribution < 1.29 is 9.59 Å². The van der Waals surface area contributed by atoms with Gasteiger partial charge in [-0.2, -0.15) is 0 Å². The Bertz CT molecular complexity index is 687. The zero-order chi connectivity index (χ0) is 19.6. The molecular weight excluding hydrogens is 340 g/mol. The highest BCUT2D eigenvalue weighted by molar-refractivity contribution is 5.80. The van der Waals surface area contributed by atoms with E-state index < -0.39 is 0 Å². The number of carbonyl (C=O) groups is 2. The molecule has 0 aromatic carbocycles. The first-order chi connectivity index (χ1) is 12.9. The average molecular weight is 373 g/mol. The smallest absolute Gasteiger partial charge is 0.225 e. The number of aromatic nitrogens is 2. The molecule has 1 aliphatic heterocycles. The number of aryl methyl sites for hydroxylation is 2. The van der Waals surface area contributed by atoms with Gasteiger partial charge < -0.3 is 10.2 Å². The van der Waals surface area contributed by atoms with Gasteiger partial charge in [-0.3, -0.25) is 9.59 Å². The van der Waals surface area contributed by atoms with Crippen LogP contribution in [-0.2, 0) is 16.0 Å². The van der Waals surface area contributed by atoms with Gasteiger partial charge >= 0.3 is 0 Å². The molecule has 1 aromatic rings. The second-order valence-electron chi connectivity index (χ2n) is 8.03. The van der Waals surface area contributed by atoms with Gasteiger partial charge in [0, 0.05) is 47.9 Å². The van der Waals surface area contributed by atoms with E-state index in [0.717, 1.165) is 61.4 Å². The van der Waals surface area contributed by atoms with Gasteiger partial charge in [-0.1, -0.05) is 13.8 Å². The van der Waals surface area contributed by atoms with Crippen LogP contribution in [0.15, 0.2) is 0 Å². The van der Waals surface area contributed by atoms with E-state index in [1.165, 1.54) is 0 Å². The third kappa shape index (κ3) is 4.66. The lowest BCUT2D eigenvalue weighted by Crippen LogP contribution is -2.34. The lowest BCUT2D eigenvalue weighted by Gasteiger charge is -2.22. The summed E-state index contributed by atoms with van der Waals surface area (Å²) in [6.45, 7) is 9.56. The molecule has 1 atom stereocenters. The number of nitrogens with one attached hydrogen (secondary N) is 1. The van der Waals surface area contributed by atoms with Crippen molar-refractivity contribution in [1.29, 1.82) is 0 Å². The summed E-state index contributed by atoms with van der Waals surface area (Å²) in [7, 11) is 0.